The molecule has 0 aromatic heterocycles. The first-order valence-corrected chi connectivity index (χ1v) is 7.94. The van der Waals surface area contributed by atoms with E-state index in [0.29, 0.717) is 0 Å². The number of carbonyl (C=O) groups is 2. The number of alkyl halides is 3. The molecule has 25 heavy (non-hydrogen) atoms. The summed E-state index contributed by atoms with van der Waals surface area (Å²) in [6, 6.07) is 3.69. The van der Waals surface area contributed by atoms with Crippen LogP contribution < -0.4 is 5.32 Å². The molecule has 8 heteroatoms. The van der Waals surface area contributed by atoms with Gasteiger partial charge in [0.2, 0.25) is 5.91 Å². The molecule has 1 aromatic carbocycles. The van der Waals surface area contributed by atoms with E-state index in [2.05, 4.69) is 5.32 Å². The van der Waals surface area contributed by atoms with Gasteiger partial charge in [-0.15, -0.1) is 0 Å². The van der Waals surface area contributed by atoms with Gasteiger partial charge in [0.05, 0.1) is 11.0 Å². The monoisotopic (exact) mass is 356 g/mol. The standard InChI is InChI=1S/C17H19F3N2O3/c1-15(2,3)25-14(24)22-8-7-16(9-22)12-10(17(18,19)20)5-4-6-11(12)21-13(16)23/h4-6H,7-9H2,1-3H3,(H,21,23). The molecule has 1 spiro atoms. The third kappa shape index (κ3) is 2.94. The average Bonchev–Trinajstić information content (AvgIpc) is 3.01. The smallest absolute Gasteiger partial charge is 0.416 e. The number of ether oxygens (including phenoxy) is 1. The number of carbonyl (C=O) groups excluding carboxylic acids is 2. The van der Waals surface area contributed by atoms with E-state index in [-0.39, 0.29) is 30.8 Å². The van der Waals surface area contributed by atoms with Crippen LogP contribution in [0, 0.1) is 0 Å². The maximum Gasteiger partial charge on any atom is 0.416 e. The molecule has 3 rings (SSSR count). The first-order valence-electron chi connectivity index (χ1n) is 7.94. The van der Waals surface area contributed by atoms with Gasteiger partial charge in [0.25, 0.3) is 0 Å². The lowest BCUT2D eigenvalue weighted by Crippen LogP contribution is -2.41. The highest BCUT2D eigenvalue weighted by atomic mass is 19.4. The van der Waals surface area contributed by atoms with Crippen molar-refractivity contribution >= 4 is 17.7 Å². The molecule has 0 bridgehead atoms. The average molecular weight is 356 g/mol. The van der Waals surface area contributed by atoms with Crippen molar-refractivity contribution in [2.24, 2.45) is 0 Å². The molecule has 2 aliphatic rings. The van der Waals surface area contributed by atoms with Crippen LogP contribution in [0.2, 0.25) is 0 Å². The van der Waals surface area contributed by atoms with E-state index in [0.717, 1.165) is 6.07 Å². The van der Waals surface area contributed by atoms with Gasteiger partial charge in [-0.25, -0.2) is 4.79 Å². The Hall–Kier alpha value is -2.25. The lowest BCUT2D eigenvalue weighted by atomic mass is 9.78. The van der Waals surface area contributed by atoms with Crippen molar-refractivity contribution in [2.45, 2.75) is 44.4 Å². The van der Waals surface area contributed by atoms with E-state index in [1.807, 2.05) is 0 Å². The molecule has 0 saturated carbocycles. The number of hydrogen-bond donors (Lipinski definition) is 1. The first kappa shape index (κ1) is 17.6. The fraction of sp³-hybridized carbons (Fsp3) is 0.529. The molecule has 1 saturated heterocycles. The number of anilines is 1. The largest absolute Gasteiger partial charge is 0.444 e. The number of halogens is 3. The molecular formula is C17H19F3N2O3. The van der Waals surface area contributed by atoms with E-state index in [9.17, 15) is 22.8 Å². The predicted octanol–water partition coefficient (Wildman–Crippen LogP) is 3.54. The Bertz CT molecular complexity index is 740. The van der Waals surface area contributed by atoms with Crippen LogP contribution in [0.5, 0.6) is 0 Å². The SMILES string of the molecule is CC(C)(C)OC(=O)N1CCC2(C1)C(=O)Nc1cccc(C(F)(F)F)c12. The molecule has 5 nitrogen and oxygen atoms in total. The molecule has 2 aliphatic heterocycles. The number of hydrogen-bond acceptors (Lipinski definition) is 3. The number of rotatable bonds is 0. The van der Waals surface area contributed by atoms with Gasteiger partial charge in [-0.3, -0.25) is 4.79 Å². The van der Waals surface area contributed by atoms with E-state index >= 15 is 0 Å². The molecule has 1 N–H and O–H groups in total. The van der Waals surface area contributed by atoms with Gasteiger partial charge in [0, 0.05) is 24.3 Å². The molecule has 1 fully saturated rings. The fourth-order valence-electron chi connectivity index (χ4n) is 3.45. The molecule has 0 aliphatic carbocycles. The van der Waals surface area contributed by atoms with Gasteiger partial charge in [-0.1, -0.05) is 6.07 Å². The van der Waals surface area contributed by atoms with Crippen LogP contribution in [0.15, 0.2) is 18.2 Å². The fourth-order valence-corrected chi connectivity index (χ4v) is 3.45. The number of benzene rings is 1. The van der Waals surface area contributed by atoms with Crippen LogP contribution in [0.25, 0.3) is 0 Å². The van der Waals surface area contributed by atoms with Gasteiger partial charge in [-0.2, -0.15) is 13.2 Å². The molecular weight excluding hydrogens is 337 g/mol. The quantitative estimate of drug-likeness (QED) is 0.774. The summed E-state index contributed by atoms with van der Waals surface area (Å²) in [7, 11) is 0. The van der Waals surface area contributed by atoms with E-state index < -0.39 is 34.8 Å². The summed E-state index contributed by atoms with van der Waals surface area (Å²) in [6.07, 6.45) is -5.09. The normalized spacial score (nSPS) is 23.0. The van der Waals surface area contributed by atoms with Crippen LogP contribution in [0.3, 0.4) is 0 Å². The van der Waals surface area contributed by atoms with Crippen LogP contribution in [0.4, 0.5) is 23.7 Å². The molecule has 136 valence electrons. The second-order valence-electron chi connectivity index (χ2n) is 7.41. The third-order valence-corrected chi connectivity index (χ3v) is 4.45. The van der Waals surface area contributed by atoms with Crippen molar-refractivity contribution in [3.63, 3.8) is 0 Å². The minimum absolute atomic E-state index is 0.0708. The van der Waals surface area contributed by atoms with Gasteiger partial charge in [0.15, 0.2) is 0 Å². The molecule has 1 aromatic rings. The third-order valence-electron chi connectivity index (χ3n) is 4.45. The van der Waals surface area contributed by atoms with Crippen molar-refractivity contribution < 1.29 is 27.5 Å². The highest BCUT2D eigenvalue weighted by Crippen LogP contribution is 2.49. The van der Waals surface area contributed by atoms with Crippen molar-refractivity contribution in [1.82, 2.24) is 4.90 Å². The van der Waals surface area contributed by atoms with Crippen molar-refractivity contribution in [2.75, 3.05) is 18.4 Å². The lowest BCUT2D eigenvalue weighted by Gasteiger charge is -2.27. The maximum absolute atomic E-state index is 13.4. The predicted molar refractivity (Wildman–Crippen MR) is 84.2 cm³/mol. The Morgan fingerprint density at radius 2 is 1.96 bits per heavy atom. The van der Waals surface area contributed by atoms with Crippen molar-refractivity contribution in [3.05, 3.63) is 29.3 Å². The van der Waals surface area contributed by atoms with Crippen LogP contribution >= 0.6 is 0 Å². The Morgan fingerprint density at radius 1 is 1.28 bits per heavy atom. The van der Waals surface area contributed by atoms with Crippen molar-refractivity contribution in [1.29, 1.82) is 0 Å². The summed E-state index contributed by atoms with van der Waals surface area (Å²) in [6.45, 7) is 5.14. The maximum atomic E-state index is 13.4. The summed E-state index contributed by atoms with van der Waals surface area (Å²) in [5.74, 6) is -0.509. The minimum atomic E-state index is -4.58. The highest BCUT2D eigenvalue weighted by Gasteiger charge is 2.56. The van der Waals surface area contributed by atoms with Crippen LogP contribution in [-0.2, 0) is 21.1 Å². The van der Waals surface area contributed by atoms with E-state index in [1.54, 1.807) is 20.8 Å². The summed E-state index contributed by atoms with van der Waals surface area (Å²) < 4.78 is 45.6. The molecule has 2 amide bonds. The van der Waals surface area contributed by atoms with Gasteiger partial charge in [-0.05, 0) is 39.3 Å². The summed E-state index contributed by atoms with van der Waals surface area (Å²) in [5.41, 5.74) is -2.86. The zero-order chi connectivity index (χ0) is 18.6. The summed E-state index contributed by atoms with van der Waals surface area (Å²) >= 11 is 0. The van der Waals surface area contributed by atoms with Crippen LogP contribution in [-0.4, -0.2) is 35.6 Å². The van der Waals surface area contributed by atoms with Gasteiger partial charge < -0.3 is 15.0 Å². The molecule has 0 radical (unpaired) electrons. The summed E-state index contributed by atoms with van der Waals surface area (Å²) in [4.78, 5) is 26.1. The van der Waals surface area contributed by atoms with E-state index in [4.69, 9.17) is 4.74 Å². The first-order chi connectivity index (χ1) is 11.4. The summed E-state index contributed by atoms with van der Waals surface area (Å²) in [5, 5.41) is 2.53. The molecule has 1 atom stereocenters. The van der Waals surface area contributed by atoms with Gasteiger partial charge in [0.1, 0.15) is 5.60 Å². The number of amides is 2. The zero-order valence-electron chi connectivity index (χ0n) is 14.2. The number of nitrogens with zero attached hydrogens (tertiary/aromatic N) is 1. The van der Waals surface area contributed by atoms with Crippen molar-refractivity contribution in [3.8, 4) is 0 Å². The zero-order valence-corrected chi connectivity index (χ0v) is 14.2. The minimum Gasteiger partial charge on any atom is -0.444 e. The second-order valence-corrected chi connectivity index (χ2v) is 7.41. The Balaban J connectivity index is 1.98. The van der Waals surface area contributed by atoms with Gasteiger partial charge >= 0.3 is 12.3 Å². The molecule has 2 heterocycles. The Kier molecular flexibility index (Phi) is 3.78. The van der Waals surface area contributed by atoms with Crippen LogP contribution in [0.1, 0.15) is 38.3 Å². The number of fused-ring (bicyclic) bond motifs is 2. The lowest BCUT2D eigenvalue weighted by molar-refractivity contribution is -0.138. The topological polar surface area (TPSA) is 58.6 Å². The highest BCUT2D eigenvalue weighted by molar-refractivity contribution is 6.07. The second kappa shape index (κ2) is 5.37. The van der Waals surface area contributed by atoms with E-state index in [1.165, 1.54) is 17.0 Å². The number of nitrogens with one attached hydrogen (secondary N) is 1. The molecule has 1 unspecified atom stereocenters. The number of likely N-dealkylation sites (tertiary alicyclic amines) is 1. The Labute approximate surface area is 143 Å². The Morgan fingerprint density at radius 3 is 2.56 bits per heavy atom.